The lowest BCUT2D eigenvalue weighted by atomic mass is 9.99. The monoisotopic (exact) mass is 467 g/mol. The Bertz CT molecular complexity index is 1130. The molecule has 0 aliphatic heterocycles. The van der Waals surface area contributed by atoms with Gasteiger partial charge in [0.05, 0.1) is 30.3 Å². The molecule has 3 rings (SSSR count). The molecule has 2 N–H and O–H groups in total. The van der Waals surface area contributed by atoms with E-state index in [1.165, 1.54) is 19.2 Å². The quantitative estimate of drug-likeness (QED) is 0.438. The number of carbonyl (C=O) groups is 2. The number of aromatic nitrogens is 1. The van der Waals surface area contributed by atoms with E-state index < -0.39 is 28.9 Å². The zero-order chi connectivity index (χ0) is 23.5. The third-order valence-electron chi connectivity index (χ3n) is 4.70. The van der Waals surface area contributed by atoms with Gasteiger partial charge in [-0.05, 0) is 42.8 Å². The van der Waals surface area contributed by atoms with E-state index in [-0.39, 0.29) is 18.1 Å². The first-order chi connectivity index (χ1) is 15.2. The number of esters is 1. The average molecular weight is 467 g/mol. The van der Waals surface area contributed by atoms with Crippen molar-refractivity contribution in [2.24, 2.45) is 0 Å². The first-order valence-corrected chi connectivity index (χ1v) is 10.6. The molecule has 0 aliphatic rings. The van der Waals surface area contributed by atoms with Gasteiger partial charge in [-0.3, -0.25) is 4.79 Å². The Kier molecular flexibility index (Phi) is 7.02. The van der Waals surface area contributed by atoms with E-state index in [0.29, 0.717) is 27.8 Å². The number of alkyl halides is 3. The van der Waals surface area contributed by atoms with Crippen molar-refractivity contribution in [1.29, 1.82) is 0 Å². The number of benzene rings is 2. The number of hydrogen-bond acceptors (Lipinski definition) is 5. The van der Waals surface area contributed by atoms with Gasteiger partial charge in [0.15, 0.2) is 0 Å². The predicted octanol–water partition coefficient (Wildman–Crippen LogP) is 5.28. The lowest BCUT2D eigenvalue weighted by Gasteiger charge is -2.19. The number of nitrogens with one attached hydrogen (secondary N) is 1. The average Bonchev–Trinajstić information content (AvgIpc) is 3.12. The number of methoxy groups -OCH3 is 1. The summed E-state index contributed by atoms with van der Waals surface area (Å²) in [6.45, 7) is 1.76. The van der Waals surface area contributed by atoms with Crippen LogP contribution in [0.15, 0.2) is 42.5 Å². The van der Waals surface area contributed by atoms with Crippen molar-refractivity contribution in [2.45, 2.75) is 18.3 Å². The molecule has 2 aromatic carbocycles. The summed E-state index contributed by atoms with van der Waals surface area (Å²) in [6.07, 6.45) is -4.51. The van der Waals surface area contributed by atoms with Gasteiger partial charge in [0, 0.05) is 16.5 Å². The molecule has 1 aromatic heterocycles. The highest BCUT2D eigenvalue weighted by atomic mass is 32.2. The fraction of sp³-hybridized carbons (Fsp3) is 0.273. The van der Waals surface area contributed by atoms with Crippen LogP contribution >= 0.6 is 11.8 Å². The van der Waals surface area contributed by atoms with Gasteiger partial charge >= 0.3 is 18.1 Å². The number of H-pyrrole nitrogens is 1. The summed E-state index contributed by atoms with van der Waals surface area (Å²) in [7, 11) is 1.48. The number of rotatable bonds is 8. The smallest absolute Gasteiger partial charge is 0.416 e. The van der Waals surface area contributed by atoms with Crippen molar-refractivity contribution >= 4 is 34.6 Å². The summed E-state index contributed by atoms with van der Waals surface area (Å²) < 4.78 is 49.5. The molecule has 0 amide bonds. The third kappa shape index (κ3) is 5.01. The van der Waals surface area contributed by atoms with Crippen molar-refractivity contribution in [3.63, 3.8) is 0 Å². The second-order valence-electron chi connectivity index (χ2n) is 6.75. The van der Waals surface area contributed by atoms with Gasteiger partial charge < -0.3 is 19.6 Å². The Labute approximate surface area is 185 Å². The van der Waals surface area contributed by atoms with Crippen molar-refractivity contribution in [1.82, 2.24) is 4.98 Å². The molecular weight excluding hydrogens is 447 g/mol. The molecule has 0 spiro atoms. The standard InChI is InChI=1S/C22H20F3NO5S/c1-3-31-21(29)19-18(15-10-14(30-2)8-9-16(15)26-19)20(32-11-17(27)28)12-4-6-13(7-5-12)22(23,24)25/h4-10,20,26H,3,11H2,1-2H3,(H,27,28)/t20-/m0/s1. The zero-order valence-electron chi connectivity index (χ0n) is 17.2. The molecule has 1 atom stereocenters. The van der Waals surface area contributed by atoms with Crippen molar-refractivity contribution in [3.05, 3.63) is 64.8 Å². The molecule has 10 heteroatoms. The molecular formula is C22H20F3NO5S. The number of carbonyl (C=O) groups excluding carboxylic acids is 1. The van der Waals surface area contributed by atoms with Crippen LogP contribution in [0, 0.1) is 0 Å². The Hall–Kier alpha value is -3.14. The molecule has 0 fully saturated rings. The normalized spacial score (nSPS) is 12.5. The summed E-state index contributed by atoms with van der Waals surface area (Å²) in [4.78, 5) is 27.0. The molecule has 0 radical (unpaired) electrons. The molecule has 0 unspecified atom stereocenters. The van der Waals surface area contributed by atoms with E-state index in [9.17, 15) is 27.9 Å². The van der Waals surface area contributed by atoms with Gasteiger partial charge in [-0.1, -0.05) is 12.1 Å². The third-order valence-corrected chi connectivity index (χ3v) is 5.96. The number of carboxylic acids is 1. The van der Waals surface area contributed by atoms with Gasteiger partial charge in [-0.2, -0.15) is 13.2 Å². The number of aromatic amines is 1. The largest absolute Gasteiger partial charge is 0.497 e. The van der Waals surface area contributed by atoms with Gasteiger partial charge in [0.25, 0.3) is 0 Å². The van der Waals surface area contributed by atoms with Gasteiger partial charge in [-0.15, -0.1) is 11.8 Å². The van der Waals surface area contributed by atoms with Crippen LogP contribution in [-0.2, 0) is 15.7 Å². The summed E-state index contributed by atoms with van der Waals surface area (Å²) in [6, 6.07) is 9.52. The van der Waals surface area contributed by atoms with Crippen molar-refractivity contribution in [2.75, 3.05) is 19.5 Å². The Morgan fingerprint density at radius 2 is 1.84 bits per heavy atom. The van der Waals surface area contributed by atoms with Crippen LogP contribution in [0.3, 0.4) is 0 Å². The highest BCUT2D eigenvalue weighted by molar-refractivity contribution is 8.00. The lowest BCUT2D eigenvalue weighted by molar-refractivity contribution is -0.137. The van der Waals surface area contributed by atoms with Crippen LogP contribution in [-0.4, -0.2) is 41.5 Å². The summed E-state index contributed by atoms with van der Waals surface area (Å²) in [5.74, 6) is -1.57. The van der Waals surface area contributed by atoms with Crippen LogP contribution in [0.4, 0.5) is 13.2 Å². The van der Waals surface area contributed by atoms with Gasteiger partial charge in [0.1, 0.15) is 11.4 Å². The number of ether oxygens (including phenoxy) is 2. The number of carboxylic acid groups (broad SMARTS) is 1. The minimum Gasteiger partial charge on any atom is -0.497 e. The highest BCUT2D eigenvalue weighted by Gasteiger charge is 2.32. The van der Waals surface area contributed by atoms with E-state index in [2.05, 4.69) is 4.98 Å². The van der Waals surface area contributed by atoms with Gasteiger partial charge in [0.2, 0.25) is 0 Å². The van der Waals surface area contributed by atoms with Crippen LogP contribution in [0.2, 0.25) is 0 Å². The number of thioether (sulfide) groups is 1. The van der Waals surface area contributed by atoms with Crippen molar-refractivity contribution in [3.8, 4) is 5.75 Å². The number of halogens is 3. The Morgan fingerprint density at radius 1 is 1.16 bits per heavy atom. The maximum absolute atomic E-state index is 13.0. The molecule has 32 heavy (non-hydrogen) atoms. The number of aliphatic carboxylic acids is 1. The molecule has 0 saturated heterocycles. The topological polar surface area (TPSA) is 88.6 Å². The Balaban J connectivity index is 2.22. The molecule has 1 heterocycles. The van der Waals surface area contributed by atoms with E-state index in [1.807, 2.05) is 0 Å². The van der Waals surface area contributed by atoms with Gasteiger partial charge in [-0.25, -0.2) is 4.79 Å². The summed E-state index contributed by atoms with van der Waals surface area (Å²) in [5, 5.41) is 9.05. The minimum absolute atomic E-state index is 0.109. The molecule has 3 aromatic rings. The molecule has 0 aliphatic carbocycles. The van der Waals surface area contributed by atoms with Crippen LogP contribution in [0.1, 0.15) is 39.4 Å². The lowest BCUT2D eigenvalue weighted by Crippen LogP contribution is -2.12. The zero-order valence-corrected chi connectivity index (χ0v) is 18.0. The summed E-state index contributed by atoms with van der Waals surface area (Å²) in [5.41, 5.74) is 0.700. The Morgan fingerprint density at radius 3 is 2.41 bits per heavy atom. The fourth-order valence-corrected chi connectivity index (χ4v) is 4.37. The van der Waals surface area contributed by atoms with Crippen LogP contribution < -0.4 is 4.74 Å². The van der Waals surface area contributed by atoms with E-state index in [1.54, 1.807) is 25.1 Å². The van der Waals surface area contributed by atoms with Crippen LogP contribution in [0.5, 0.6) is 5.75 Å². The maximum Gasteiger partial charge on any atom is 0.416 e. The molecule has 0 saturated carbocycles. The van der Waals surface area contributed by atoms with E-state index in [0.717, 1.165) is 23.9 Å². The second-order valence-corrected chi connectivity index (χ2v) is 7.84. The maximum atomic E-state index is 13.0. The second kappa shape index (κ2) is 9.56. The summed E-state index contributed by atoms with van der Waals surface area (Å²) >= 11 is 0.982. The fourth-order valence-electron chi connectivity index (χ4n) is 3.30. The minimum atomic E-state index is -4.51. The van der Waals surface area contributed by atoms with E-state index in [4.69, 9.17) is 9.47 Å². The molecule has 0 bridgehead atoms. The van der Waals surface area contributed by atoms with Crippen molar-refractivity contribution < 1.29 is 37.3 Å². The highest BCUT2D eigenvalue weighted by Crippen LogP contribution is 2.43. The number of hydrogen-bond donors (Lipinski definition) is 2. The van der Waals surface area contributed by atoms with Crippen LogP contribution in [0.25, 0.3) is 10.9 Å². The first-order valence-electron chi connectivity index (χ1n) is 9.53. The SMILES string of the molecule is CCOC(=O)c1[nH]c2ccc(OC)cc2c1[C@@H](SCC(=O)O)c1ccc(C(F)(F)F)cc1. The molecule has 6 nitrogen and oxygen atoms in total. The number of fused-ring (bicyclic) bond motifs is 1. The van der Waals surface area contributed by atoms with E-state index >= 15 is 0 Å². The predicted molar refractivity (Wildman–Crippen MR) is 114 cm³/mol. The molecule has 170 valence electrons. The first kappa shape index (κ1) is 23.5.